The van der Waals surface area contributed by atoms with Gasteiger partial charge in [-0.25, -0.2) is 0 Å². The normalized spacial score (nSPS) is 23.1. The van der Waals surface area contributed by atoms with Crippen molar-refractivity contribution in [2.75, 3.05) is 5.32 Å². The zero-order chi connectivity index (χ0) is 15.3. The number of nitrogens with one attached hydrogen (secondary N) is 1. The van der Waals surface area contributed by atoms with E-state index in [4.69, 9.17) is 0 Å². The van der Waals surface area contributed by atoms with Crippen LogP contribution in [0, 0.1) is 0 Å². The van der Waals surface area contributed by atoms with Crippen molar-refractivity contribution >= 4 is 17.5 Å². The van der Waals surface area contributed by atoms with Crippen molar-refractivity contribution in [1.29, 1.82) is 0 Å². The van der Waals surface area contributed by atoms with E-state index in [1.165, 1.54) is 0 Å². The molecule has 2 aliphatic rings. The largest absolute Gasteiger partial charge is 0.326 e. The molecule has 112 valence electrons. The van der Waals surface area contributed by atoms with Gasteiger partial charge in [0.05, 0.1) is 0 Å². The summed E-state index contributed by atoms with van der Waals surface area (Å²) in [4.78, 5) is 24.6. The van der Waals surface area contributed by atoms with Crippen molar-refractivity contribution in [2.45, 2.75) is 38.0 Å². The fourth-order valence-corrected chi connectivity index (χ4v) is 3.93. The van der Waals surface area contributed by atoms with Crippen LogP contribution in [0.1, 0.15) is 43.1 Å². The van der Waals surface area contributed by atoms with Gasteiger partial charge >= 0.3 is 0 Å². The molecule has 0 aliphatic carbocycles. The molecule has 1 N–H and O–H groups in total. The standard InChI is InChI=1S/C18H18N2O2/c1-2-18-9-7-15(21)19-14-6-4-3-5-12(14)13-8-10-20(17(13)18)16(22)11-18/h3-6,8,10H,2,7,9,11H2,1H3,(H,19,21)/t18-/m0/s1. The van der Waals surface area contributed by atoms with Crippen LogP contribution in [-0.4, -0.2) is 16.4 Å². The summed E-state index contributed by atoms with van der Waals surface area (Å²) in [7, 11) is 0. The van der Waals surface area contributed by atoms with E-state index in [9.17, 15) is 9.59 Å². The molecule has 2 aliphatic heterocycles. The van der Waals surface area contributed by atoms with Gasteiger partial charge in [-0.15, -0.1) is 0 Å². The summed E-state index contributed by atoms with van der Waals surface area (Å²) in [6, 6.07) is 9.84. The van der Waals surface area contributed by atoms with Crippen molar-refractivity contribution < 1.29 is 9.59 Å². The summed E-state index contributed by atoms with van der Waals surface area (Å²) in [6.45, 7) is 2.11. The monoisotopic (exact) mass is 294 g/mol. The number of anilines is 1. The number of para-hydroxylation sites is 1. The van der Waals surface area contributed by atoms with Gasteiger partial charge in [0, 0.05) is 47.0 Å². The van der Waals surface area contributed by atoms with Crippen LogP contribution in [0.15, 0.2) is 36.5 Å². The molecule has 0 bridgehead atoms. The number of rotatable bonds is 1. The zero-order valence-corrected chi connectivity index (χ0v) is 12.6. The van der Waals surface area contributed by atoms with Crippen LogP contribution in [0.2, 0.25) is 0 Å². The van der Waals surface area contributed by atoms with Gasteiger partial charge < -0.3 is 5.32 Å². The molecule has 1 atom stereocenters. The summed E-state index contributed by atoms with van der Waals surface area (Å²) in [5.41, 5.74) is 3.77. The van der Waals surface area contributed by atoms with Crippen molar-refractivity contribution in [3.63, 3.8) is 0 Å². The maximum absolute atomic E-state index is 12.4. The van der Waals surface area contributed by atoms with Crippen molar-refractivity contribution in [3.8, 4) is 11.1 Å². The van der Waals surface area contributed by atoms with Crippen LogP contribution < -0.4 is 5.32 Å². The molecule has 0 fully saturated rings. The number of hydrogen-bond acceptors (Lipinski definition) is 2. The molecule has 0 spiro atoms. The highest BCUT2D eigenvalue weighted by atomic mass is 16.2. The summed E-state index contributed by atoms with van der Waals surface area (Å²) in [6.07, 6.45) is 4.41. The quantitative estimate of drug-likeness (QED) is 0.874. The Morgan fingerprint density at radius 1 is 1.18 bits per heavy atom. The van der Waals surface area contributed by atoms with E-state index in [-0.39, 0.29) is 17.2 Å². The first-order chi connectivity index (χ1) is 10.6. The first kappa shape index (κ1) is 13.3. The molecule has 4 nitrogen and oxygen atoms in total. The van der Waals surface area contributed by atoms with E-state index in [1.54, 1.807) is 4.57 Å². The Kier molecular flexibility index (Phi) is 2.76. The van der Waals surface area contributed by atoms with Gasteiger partial charge in [-0.2, -0.15) is 0 Å². The first-order valence-corrected chi connectivity index (χ1v) is 7.79. The molecule has 1 aromatic carbocycles. The third kappa shape index (κ3) is 1.70. The zero-order valence-electron chi connectivity index (χ0n) is 12.6. The predicted molar refractivity (Wildman–Crippen MR) is 84.9 cm³/mol. The van der Waals surface area contributed by atoms with Crippen LogP contribution in [0.25, 0.3) is 11.1 Å². The average Bonchev–Trinajstić information content (AvgIpc) is 3.07. The predicted octanol–water partition coefficient (Wildman–Crippen LogP) is 3.58. The molecule has 3 heterocycles. The van der Waals surface area contributed by atoms with E-state index >= 15 is 0 Å². The van der Waals surface area contributed by atoms with Crippen LogP contribution >= 0.6 is 0 Å². The molecule has 0 saturated carbocycles. The molecule has 4 heteroatoms. The lowest BCUT2D eigenvalue weighted by Gasteiger charge is -2.27. The lowest BCUT2D eigenvalue weighted by atomic mass is 9.75. The van der Waals surface area contributed by atoms with E-state index in [0.29, 0.717) is 19.3 Å². The Morgan fingerprint density at radius 3 is 2.82 bits per heavy atom. The number of amides is 1. The van der Waals surface area contributed by atoms with Gasteiger partial charge in [-0.1, -0.05) is 25.1 Å². The molecule has 0 radical (unpaired) electrons. The van der Waals surface area contributed by atoms with Crippen molar-refractivity contribution in [2.24, 2.45) is 0 Å². The molecule has 1 amide bonds. The summed E-state index contributed by atoms with van der Waals surface area (Å²) >= 11 is 0. The van der Waals surface area contributed by atoms with Crippen molar-refractivity contribution in [1.82, 2.24) is 4.57 Å². The van der Waals surface area contributed by atoms with Gasteiger partial charge in [0.25, 0.3) is 0 Å². The molecule has 0 unspecified atom stereocenters. The lowest BCUT2D eigenvalue weighted by molar-refractivity contribution is -0.116. The minimum Gasteiger partial charge on any atom is -0.326 e. The second-order valence-corrected chi connectivity index (χ2v) is 6.25. The summed E-state index contributed by atoms with van der Waals surface area (Å²) in [5.74, 6) is 0.165. The second-order valence-electron chi connectivity index (χ2n) is 6.25. The highest BCUT2D eigenvalue weighted by molar-refractivity contribution is 5.98. The number of hydrogen-bond donors (Lipinski definition) is 1. The van der Waals surface area contributed by atoms with Crippen LogP contribution in [0.3, 0.4) is 0 Å². The maximum Gasteiger partial charge on any atom is 0.231 e. The fourth-order valence-electron chi connectivity index (χ4n) is 3.93. The molecular formula is C18H18N2O2. The van der Waals surface area contributed by atoms with Gasteiger partial charge in [-0.05, 0) is 25.0 Å². The Hall–Kier alpha value is -2.36. The summed E-state index contributed by atoms with van der Waals surface area (Å²) < 4.78 is 1.80. The Bertz CT molecular complexity index is 790. The number of fused-ring (bicyclic) bond motifs is 2. The Morgan fingerprint density at radius 2 is 2.00 bits per heavy atom. The first-order valence-electron chi connectivity index (χ1n) is 7.79. The van der Waals surface area contributed by atoms with E-state index < -0.39 is 0 Å². The smallest absolute Gasteiger partial charge is 0.231 e. The maximum atomic E-state index is 12.4. The molecule has 22 heavy (non-hydrogen) atoms. The molecule has 2 aromatic rings. The van der Waals surface area contributed by atoms with Crippen LogP contribution in [0.5, 0.6) is 0 Å². The van der Waals surface area contributed by atoms with Crippen molar-refractivity contribution in [3.05, 3.63) is 42.2 Å². The Labute approximate surface area is 129 Å². The highest BCUT2D eigenvalue weighted by Crippen LogP contribution is 2.48. The minimum atomic E-state index is -0.218. The number of nitrogens with zero attached hydrogens (tertiary/aromatic N) is 1. The van der Waals surface area contributed by atoms with E-state index in [2.05, 4.69) is 12.2 Å². The molecule has 4 rings (SSSR count). The number of aromatic nitrogens is 1. The molecule has 1 aromatic heterocycles. The van der Waals surface area contributed by atoms with Gasteiger partial charge in [0.1, 0.15) is 0 Å². The molecular weight excluding hydrogens is 276 g/mol. The third-order valence-electron chi connectivity index (χ3n) is 5.15. The van der Waals surface area contributed by atoms with Gasteiger partial charge in [0.2, 0.25) is 11.8 Å². The van der Waals surface area contributed by atoms with Gasteiger partial charge in [-0.3, -0.25) is 14.2 Å². The number of benzene rings is 1. The fraction of sp³-hybridized carbons (Fsp3) is 0.333. The molecule has 0 saturated heterocycles. The number of carbonyl (C=O) groups is 2. The topological polar surface area (TPSA) is 51.1 Å². The van der Waals surface area contributed by atoms with E-state index in [1.807, 2.05) is 36.5 Å². The summed E-state index contributed by atoms with van der Waals surface area (Å²) in [5, 5.41) is 3.02. The average molecular weight is 294 g/mol. The highest BCUT2D eigenvalue weighted by Gasteiger charge is 2.45. The number of carbonyl (C=O) groups excluding carboxylic acids is 2. The Balaban J connectivity index is 2.03. The minimum absolute atomic E-state index is 0.0244. The lowest BCUT2D eigenvalue weighted by Crippen LogP contribution is -2.25. The second kappa shape index (κ2) is 4.57. The van der Waals surface area contributed by atoms with Crippen LogP contribution in [0.4, 0.5) is 5.69 Å². The third-order valence-corrected chi connectivity index (χ3v) is 5.15. The van der Waals surface area contributed by atoms with E-state index in [0.717, 1.165) is 28.9 Å². The van der Waals surface area contributed by atoms with Gasteiger partial charge in [0.15, 0.2) is 0 Å². The van der Waals surface area contributed by atoms with Crippen LogP contribution in [-0.2, 0) is 10.2 Å². The SMILES string of the molecule is CC[C@@]12CCC(=O)Nc3ccccc3-c3ccn(c31)C(=O)C2.